The minimum Gasteiger partial charge on any atom is -0.455 e. The summed E-state index contributed by atoms with van der Waals surface area (Å²) in [6.45, 7) is 24.2. The number of rotatable bonds is 30. The Morgan fingerprint density at radius 3 is 1.18 bits per heavy atom. The standard InChI is InChI=1S/C117H119NO2/c1-11-15-19-23-38-66-116(67-39-24-20-16-12-2)95-49-35-30-44-84(95)87-63-58-80(72-99(87)116)79-57-62-86-85-61-56-78(70-96(85)113(5,6)97(86)71-79)76-52-54-77(55-53-76)93-75-101-104(106-91-46-32-36-50-102(91)119-111(93)106)90-65-60-83(74-100(90)117(101,68-40-25-21-17-13-3)69-41-26-22-18-14-4)118(81-42-28-27-29-43-81)82-59-64-89-98(73-82)115(9,10)109-105(89)107-92-47-33-37-51-103(92)120-112(107)108-88-45-31-34-48-94(88)114(7,8)110(108)109/h27-37,42-65,70-75H,11-26,38-41,66-69H2,1-10H3. The normalized spacial score (nSPS) is 15.2. The van der Waals surface area contributed by atoms with E-state index in [2.05, 4.69) is 323 Å². The Balaban J connectivity index is 0.676. The Hall–Kier alpha value is -10.7. The molecular weight excluding hydrogens is 1450 g/mol. The fraction of sp³-hybridized carbons (Fsp3) is 0.333. The van der Waals surface area contributed by atoms with Gasteiger partial charge >= 0.3 is 0 Å². The smallest absolute Gasteiger partial charge is 0.144 e. The van der Waals surface area contributed by atoms with Gasteiger partial charge in [-0.05, 0) is 232 Å². The lowest BCUT2D eigenvalue weighted by Gasteiger charge is -2.35. The van der Waals surface area contributed by atoms with Gasteiger partial charge in [-0.1, -0.05) is 374 Å². The van der Waals surface area contributed by atoms with Crippen molar-refractivity contribution >= 4 is 60.9 Å². The van der Waals surface area contributed by atoms with Gasteiger partial charge in [-0.15, -0.1) is 0 Å². The van der Waals surface area contributed by atoms with Crippen LogP contribution in [0.1, 0.15) is 279 Å². The summed E-state index contributed by atoms with van der Waals surface area (Å²) >= 11 is 0. The molecule has 0 radical (unpaired) electrons. The number of hydrogen-bond donors (Lipinski definition) is 0. The van der Waals surface area contributed by atoms with Crippen LogP contribution in [0.4, 0.5) is 17.1 Å². The number of unbranched alkanes of at least 4 members (excludes halogenated alkanes) is 16. The molecule has 13 aromatic carbocycles. The first-order valence-electron chi connectivity index (χ1n) is 46.5. The zero-order valence-electron chi connectivity index (χ0n) is 72.9. The number of anilines is 3. The first-order valence-corrected chi connectivity index (χ1v) is 46.5. The number of hydrogen-bond acceptors (Lipinski definition) is 3. The van der Waals surface area contributed by atoms with Crippen molar-refractivity contribution in [2.24, 2.45) is 0 Å². The summed E-state index contributed by atoms with van der Waals surface area (Å²) in [5, 5.41) is 4.84. The number of furan rings is 2. The van der Waals surface area contributed by atoms with Gasteiger partial charge < -0.3 is 13.7 Å². The van der Waals surface area contributed by atoms with E-state index >= 15 is 0 Å². The fourth-order valence-electron chi connectivity index (χ4n) is 23.9. The minimum atomic E-state index is -0.355. The van der Waals surface area contributed by atoms with Gasteiger partial charge in [0.25, 0.3) is 0 Å². The lowest BCUT2D eigenvalue weighted by Crippen LogP contribution is -2.26. The molecule has 0 N–H and O–H groups in total. The van der Waals surface area contributed by atoms with Gasteiger partial charge in [-0.2, -0.15) is 0 Å². The predicted molar refractivity (Wildman–Crippen MR) is 511 cm³/mol. The van der Waals surface area contributed by atoms with Crippen LogP contribution in [0.5, 0.6) is 0 Å². The molecule has 604 valence electrons. The molecule has 120 heavy (non-hydrogen) atoms. The van der Waals surface area contributed by atoms with Crippen LogP contribution in [0.3, 0.4) is 0 Å². The largest absolute Gasteiger partial charge is 0.455 e. The van der Waals surface area contributed by atoms with Gasteiger partial charge in [-0.25, -0.2) is 0 Å². The molecule has 0 amide bonds. The topological polar surface area (TPSA) is 29.5 Å². The number of para-hydroxylation sites is 3. The number of nitrogens with zero attached hydrogens (tertiary/aromatic N) is 1. The molecule has 20 rings (SSSR count). The highest BCUT2D eigenvalue weighted by atomic mass is 16.3. The quantitative estimate of drug-likeness (QED) is 0.0420. The molecule has 0 saturated heterocycles. The van der Waals surface area contributed by atoms with Crippen molar-refractivity contribution in [2.45, 2.75) is 250 Å². The van der Waals surface area contributed by atoms with Gasteiger partial charge in [0.05, 0.1) is 0 Å². The summed E-state index contributed by atoms with van der Waals surface area (Å²) in [6.07, 6.45) is 29.9. The minimum absolute atomic E-state index is 0.0415. The van der Waals surface area contributed by atoms with Crippen molar-refractivity contribution in [1.29, 1.82) is 0 Å². The molecule has 0 spiro atoms. The van der Waals surface area contributed by atoms with Crippen molar-refractivity contribution in [3.05, 3.63) is 304 Å². The van der Waals surface area contributed by atoms with Crippen LogP contribution >= 0.6 is 0 Å². The summed E-state index contributed by atoms with van der Waals surface area (Å²) in [6, 6.07) is 97.2. The highest BCUT2D eigenvalue weighted by Crippen LogP contribution is 2.66. The SMILES string of the molecule is CCCCCCCC1(CCCCCCC)c2ccccc2-c2ccc(-c3ccc4c(c3)C(C)(C)c3cc(-c5ccc(-c6cc7c(c8c6oc6ccccc68)-c6ccc(N(c8ccccc8)c8ccc9c(c8)C(C)(C)c8c%10c(c%11oc%12ccccc%12c%11c8-9)-c8ccccc8C%10(C)C)cc6C7(CCCCCCC)CCCCCCC)cc5)ccc3-4)cc21. The molecule has 3 nitrogen and oxygen atoms in total. The molecule has 0 aliphatic heterocycles. The van der Waals surface area contributed by atoms with Gasteiger partial charge in [0.2, 0.25) is 0 Å². The molecule has 2 aromatic heterocycles. The van der Waals surface area contributed by atoms with Crippen LogP contribution in [0.25, 0.3) is 133 Å². The molecule has 0 bridgehead atoms. The Kier molecular flexibility index (Phi) is 20.1. The van der Waals surface area contributed by atoms with E-state index < -0.39 is 0 Å². The van der Waals surface area contributed by atoms with Gasteiger partial charge in [0.15, 0.2) is 0 Å². The number of benzene rings is 13. The molecule has 5 aliphatic rings. The van der Waals surface area contributed by atoms with E-state index in [0.717, 1.165) is 59.4 Å². The monoisotopic (exact) mass is 1570 g/mol. The Morgan fingerprint density at radius 1 is 0.242 bits per heavy atom. The van der Waals surface area contributed by atoms with Crippen LogP contribution in [-0.2, 0) is 27.1 Å². The van der Waals surface area contributed by atoms with E-state index in [1.54, 1.807) is 11.1 Å². The molecule has 0 saturated carbocycles. The summed E-state index contributed by atoms with van der Waals surface area (Å²) < 4.78 is 14.5. The third-order valence-electron chi connectivity index (χ3n) is 30.0. The van der Waals surface area contributed by atoms with E-state index in [0.29, 0.717) is 0 Å². The van der Waals surface area contributed by atoms with E-state index in [-0.39, 0.29) is 27.1 Å². The lowest BCUT2D eigenvalue weighted by atomic mass is 9.70. The first kappa shape index (κ1) is 77.8. The highest BCUT2D eigenvalue weighted by molar-refractivity contribution is 6.22. The summed E-state index contributed by atoms with van der Waals surface area (Å²) in [5.74, 6) is 0. The molecular formula is C117H119NO2. The fourth-order valence-corrected chi connectivity index (χ4v) is 23.9. The predicted octanol–water partition coefficient (Wildman–Crippen LogP) is 34.9. The van der Waals surface area contributed by atoms with Crippen molar-refractivity contribution in [2.75, 3.05) is 4.90 Å². The van der Waals surface area contributed by atoms with Crippen LogP contribution in [-0.4, -0.2) is 0 Å². The van der Waals surface area contributed by atoms with E-state index in [4.69, 9.17) is 8.83 Å². The highest BCUT2D eigenvalue weighted by Gasteiger charge is 2.51. The molecule has 0 unspecified atom stereocenters. The summed E-state index contributed by atoms with van der Waals surface area (Å²) in [4.78, 5) is 2.58. The van der Waals surface area contributed by atoms with Crippen LogP contribution in [0, 0.1) is 0 Å². The Bertz CT molecular complexity index is 6430. The third-order valence-corrected chi connectivity index (χ3v) is 30.0. The summed E-state index contributed by atoms with van der Waals surface area (Å²) in [5.41, 5.74) is 41.7. The second-order valence-electron chi connectivity index (χ2n) is 38.2. The van der Waals surface area contributed by atoms with Crippen molar-refractivity contribution < 1.29 is 8.83 Å². The third kappa shape index (κ3) is 12.4. The van der Waals surface area contributed by atoms with Crippen molar-refractivity contribution in [3.63, 3.8) is 0 Å². The van der Waals surface area contributed by atoms with Gasteiger partial charge in [0, 0.05) is 76.8 Å². The molecule has 5 aliphatic carbocycles. The van der Waals surface area contributed by atoms with Crippen molar-refractivity contribution in [3.8, 4) is 89.0 Å². The molecule has 2 heterocycles. The maximum absolute atomic E-state index is 7.38. The van der Waals surface area contributed by atoms with E-state index in [9.17, 15) is 0 Å². The molecule has 0 fully saturated rings. The zero-order valence-corrected chi connectivity index (χ0v) is 72.9. The Morgan fingerprint density at radius 2 is 0.617 bits per heavy atom. The average Bonchev–Trinajstić information content (AvgIpc) is 1.50. The molecule has 3 heteroatoms. The van der Waals surface area contributed by atoms with E-state index in [1.807, 2.05) is 0 Å². The van der Waals surface area contributed by atoms with Crippen LogP contribution in [0.2, 0.25) is 0 Å². The maximum atomic E-state index is 7.38. The molecule has 15 aromatic rings. The second kappa shape index (κ2) is 31.1. The lowest BCUT2D eigenvalue weighted by molar-refractivity contribution is 0.399. The second-order valence-corrected chi connectivity index (χ2v) is 38.2. The van der Waals surface area contributed by atoms with Crippen LogP contribution < -0.4 is 4.90 Å². The van der Waals surface area contributed by atoms with Crippen LogP contribution in [0.15, 0.2) is 258 Å². The molecule has 0 atom stereocenters. The van der Waals surface area contributed by atoms with E-state index in [1.165, 1.54) is 289 Å². The maximum Gasteiger partial charge on any atom is 0.144 e. The zero-order chi connectivity index (χ0) is 81.8. The van der Waals surface area contributed by atoms with Gasteiger partial charge in [-0.3, -0.25) is 0 Å². The average molecular weight is 1570 g/mol. The number of fused-ring (bicyclic) bond motifs is 25. The summed E-state index contributed by atoms with van der Waals surface area (Å²) in [7, 11) is 0. The Labute approximate surface area is 713 Å². The van der Waals surface area contributed by atoms with Crippen molar-refractivity contribution in [1.82, 2.24) is 0 Å². The van der Waals surface area contributed by atoms with Gasteiger partial charge in [0.1, 0.15) is 22.3 Å². The first-order chi connectivity index (χ1) is 58.6.